The molecule has 0 saturated heterocycles. The van der Waals surface area contributed by atoms with Crippen LogP contribution < -0.4 is 10.0 Å². The van der Waals surface area contributed by atoms with Gasteiger partial charge in [0.15, 0.2) is 0 Å². The van der Waals surface area contributed by atoms with Crippen LogP contribution in [-0.2, 0) is 16.6 Å². The lowest BCUT2D eigenvalue weighted by molar-refractivity contribution is 0.422. The van der Waals surface area contributed by atoms with Gasteiger partial charge in [-0.1, -0.05) is 6.07 Å². The maximum Gasteiger partial charge on any atom is 0.209 e. The second-order valence-corrected chi connectivity index (χ2v) is 7.22. The summed E-state index contributed by atoms with van der Waals surface area (Å²) in [6.45, 7) is 5.08. The van der Waals surface area contributed by atoms with Crippen LogP contribution in [-0.4, -0.2) is 26.8 Å². The molecular formula is C10H18N2O2S2. The topological polar surface area (TPSA) is 58.2 Å². The van der Waals surface area contributed by atoms with Crippen LogP contribution in [0.1, 0.15) is 18.7 Å². The lowest BCUT2D eigenvalue weighted by atomic mass is 10.1. The molecule has 0 aliphatic heterocycles. The summed E-state index contributed by atoms with van der Waals surface area (Å²) >= 11 is 1.69. The molecule has 0 bridgehead atoms. The predicted molar refractivity (Wildman–Crippen MR) is 68.1 cm³/mol. The average molecular weight is 262 g/mol. The van der Waals surface area contributed by atoms with Crippen molar-refractivity contribution in [3.05, 3.63) is 22.4 Å². The molecule has 0 aromatic carbocycles. The first-order valence-electron chi connectivity index (χ1n) is 5.01. The maximum atomic E-state index is 11.1. The van der Waals surface area contributed by atoms with Crippen LogP contribution in [0.2, 0.25) is 0 Å². The van der Waals surface area contributed by atoms with Gasteiger partial charge in [0, 0.05) is 23.5 Å². The van der Waals surface area contributed by atoms with Gasteiger partial charge in [0.2, 0.25) is 10.0 Å². The molecule has 0 aliphatic rings. The fraction of sp³-hybridized carbons (Fsp3) is 0.600. The lowest BCUT2D eigenvalue weighted by Gasteiger charge is -2.25. The third-order valence-electron chi connectivity index (χ3n) is 1.91. The van der Waals surface area contributed by atoms with Crippen LogP contribution in [0.4, 0.5) is 0 Å². The molecule has 0 radical (unpaired) electrons. The fourth-order valence-corrected chi connectivity index (χ4v) is 3.20. The van der Waals surface area contributed by atoms with Gasteiger partial charge in [-0.25, -0.2) is 13.1 Å². The van der Waals surface area contributed by atoms with Gasteiger partial charge in [-0.15, -0.1) is 11.3 Å². The number of nitrogens with one attached hydrogen (secondary N) is 2. The van der Waals surface area contributed by atoms with Gasteiger partial charge in [-0.2, -0.15) is 0 Å². The molecule has 1 rings (SSSR count). The third-order valence-corrected chi connectivity index (χ3v) is 3.71. The van der Waals surface area contributed by atoms with E-state index in [-0.39, 0.29) is 0 Å². The first-order valence-corrected chi connectivity index (χ1v) is 7.78. The van der Waals surface area contributed by atoms with Gasteiger partial charge in [0.25, 0.3) is 0 Å². The zero-order valence-electron chi connectivity index (χ0n) is 9.78. The molecule has 16 heavy (non-hydrogen) atoms. The molecule has 92 valence electrons. The van der Waals surface area contributed by atoms with Gasteiger partial charge in [-0.05, 0) is 25.3 Å². The molecule has 4 nitrogen and oxygen atoms in total. The first kappa shape index (κ1) is 13.6. The molecule has 0 unspecified atom stereocenters. The second-order valence-electron chi connectivity index (χ2n) is 4.44. The van der Waals surface area contributed by atoms with Crippen LogP contribution in [0.15, 0.2) is 17.5 Å². The summed E-state index contributed by atoms with van der Waals surface area (Å²) in [4.78, 5) is 1.25. The summed E-state index contributed by atoms with van der Waals surface area (Å²) in [6, 6.07) is 4.05. The van der Waals surface area contributed by atoms with Crippen molar-refractivity contribution in [2.45, 2.75) is 25.9 Å². The summed E-state index contributed by atoms with van der Waals surface area (Å²) < 4.78 is 24.8. The second kappa shape index (κ2) is 5.27. The minimum absolute atomic E-state index is 0.467. The normalized spacial score (nSPS) is 12.9. The minimum atomic E-state index is -3.15. The Labute approximate surface area is 101 Å². The quantitative estimate of drug-likeness (QED) is 0.809. The Morgan fingerprint density at radius 2 is 2.12 bits per heavy atom. The van der Waals surface area contributed by atoms with Crippen molar-refractivity contribution in [1.82, 2.24) is 10.0 Å². The maximum absolute atomic E-state index is 11.1. The van der Waals surface area contributed by atoms with Crippen molar-refractivity contribution in [2.24, 2.45) is 0 Å². The fourth-order valence-electron chi connectivity index (χ4n) is 1.45. The SMILES string of the molecule is CC(C)(CNCc1cccs1)NS(C)(=O)=O. The summed E-state index contributed by atoms with van der Waals surface area (Å²) in [6.07, 6.45) is 1.17. The molecule has 1 heterocycles. The number of rotatable bonds is 6. The van der Waals surface area contributed by atoms with Crippen LogP contribution in [0, 0.1) is 0 Å². The smallest absolute Gasteiger partial charge is 0.209 e. The highest BCUT2D eigenvalue weighted by molar-refractivity contribution is 7.88. The summed E-state index contributed by atoms with van der Waals surface area (Å²) in [5.74, 6) is 0. The van der Waals surface area contributed by atoms with Gasteiger partial charge in [-0.3, -0.25) is 0 Å². The molecule has 6 heteroatoms. The van der Waals surface area contributed by atoms with Crippen molar-refractivity contribution in [2.75, 3.05) is 12.8 Å². The molecule has 1 aromatic rings. The molecule has 0 aliphatic carbocycles. The van der Waals surface area contributed by atoms with E-state index in [1.54, 1.807) is 11.3 Å². The highest BCUT2D eigenvalue weighted by Gasteiger charge is 2.21. The van der Waals surface area contributed by atoms with Crippen molar-refractivity contribution >= 4 is 21.4 Å². The van der Waals surface area contributed by atoms with Gasteiger partial charge in [0.1, 0.15) is 0 Å². The minimum Gasteiger partial charge on any atom is -0.310 e. The van der Waals surface area contributed by atoms with E-state index in [0.29, 0.717) is 6.54 Å². The van der Waals surface area contributed by atoms with Gasteiger partial charge >= 0.3 is 0 Å². The van der Waals surface area contributed by atoms with E-state index in [0.717, 1.165) is 6.54 Å². The Morgan fingerprint density at radius 1 is 1.44 bits per heavy atom. The monoisotopic (exact) mass is 262 g/mol. The standard InChI is InChI=1S/C10H18N2O2S2/c1-10(2,12-16(3,13)14)8-11-7-9-5-4-6-15-9/h4-6,11-12H,7-8H2,1-3H3. The van der Waals surface area contributed by atoms with E-state index in [2.05, 4.69) is 16.1 Å². The van der Waals surface area contributed by atoms with Crippen molar-refractivity contribution in [1.29, 1.82) is 0 Å². The Morgan fingerprint density at radius 3 is 2.62 bits per heavy atom. The molecular weight excluding hydrogens is 244 g/mol. The molecule has 0 amide bonds. The highest BCUT2D eigenvalue weighted by Crippen LogP contribution is 2.08. The largest absolute Gasteiger partial charge is 0.310 e. The van der Waals surface area contributed by atoms with Gasteiger partial charge < -0.3 is 5.32 Å². The van der Waals surface area contributed by atoms with E-state index < -0.39 is 15.6 Å². The Hall–Kier alpha value is -0.430. The zero-order chi connectivity index (χ0) is 12.2. The Bertz CT molecular complexity index is 410. The molecule has 0 spiro atoms. The molecule has 0 fully saturated rings. The van der Waals surface area contributed by atoms with E-state index in [1.807, 2.05) is 25.3 Å². The Balaban J connectivity index is 2.36. The van der Waals surface area contributed by atoms with Crippen molar-refractivity contribution < 1.29 is 8.42 Å². The van der Waals surface area contributed by atoms with Crippen molar-refractivity contribution in [3.8, 4) is 0 Å². The highest BCUT2D eigenvalue weighted by atomic mass is 32.2. The van der Waals surface area contributed by atoms with Crippen molar-refractivity contribution in [3.63, 3.8) is 0 Å². The summed E-state index contributed by atoms with van der Waals surface area (Å²) in [5, 5.41) is 5.26. The molecule has 0 saturated carbocycles. The van der Waals surface area contributed by atoms with E-state index >= 15 is 0 Å². The molecule has 2 N–H and O–H groups in total. The van der Waals surface area contributed by atoms with Gasteiger partial charge in [0.05, 0.1) is 6.26 Å². The summed E-state index contributed by atoms with van der Waals surface area (Å²) in [7, 11) is -3.15. The number of thiophene rings is 1. The van der Waals surface area contributed by atoms with E-state index in [1.165, 1.54) is 11.1 Å². The van der Waals surface area contributed by atoms with E-state index in [9.17, 15) is 8.42 Å². The number of hydrogen-bond acceptors (Lipinski definition) is 4. The number of hydrogen-bond donors (Lipinski definition) is 2. The van der Waals surface area contributed by atoms with Crippen LogP contribution in [0.5, 0.6) is 0 Å². The van der Waals surface area contributed by atoms with Crippen LogP contribution in [0.25, 0.3) is 0 Å². The first-order chi connectivity index (χ1) is 7.29. The van der Waals surface area contributed by atoms with E-state index in [4.69, 9.17) is 0 Å². The average Bonchev–Trinajstić information content (AvgIpc) is 2.51. The third kappa shape index (κ3) is 5.60. The molecule has 1 aromatic heterocycles. The van der Waals surface area contributed by atoms with Crippen LogP contribution >= 0.6 is 11.3 Å². The van der Waals surface area contributed by atoms with Crippen LogP contribution in [0.3, 0.4) is 0 Å². The molecule has 0 atom stereocenters. The number of sulfonamides is 1. The zero-order valence-corrected chi connectivity index (χ0v) is 11.4. The lowest BCUT2D eigenvalue weighted by Crippen LogP contribution is -2.49. The predicted octanol–water partition coefficient (Wildman–Crippen LogP) is 1.17. The summed E-state index contributed by atoms with van der Waals surface area (Å²) in [5.41, 5.74) is -0.467. The Kier molecular flexibility index (Phi) is 4.49.